The number of aromatic nitrogens is 5. The maximum Gasteiger partial charge on any atom is 0.411 e. The molecule has 11 nitrogen and oxygen atoms in total. The zero-order valence-electron chi connectivity index (χ0n) is 27.1. The lowest BCUT2D eigenvalue weighted by molar-refractivity contribution is -0.0495. The van der Waals surface area contributed by atoms with E-state index in [9.17, 15) is 18.4 Å². The number of carbonyl (C=O) groups is 2. The minimum Gasteiger partial charge on any atom is -0.436 e. The summed E-state index contributed by atoms with van der Waals surface area (Å²) in [6.45, 7) is 1.60. The molecule has 0 bridgehead atoms. The predicted molar refractivity (Wildman–Crippen MR) is 173 cm³/mol. The molecule has 3 aliphatic rings. The Morgan fingerprint density at radius 2 is 1.59 bits per heavy atom. The number of carbonyl (C=O) groups excluding carboxylic acids is 2. The molecule has 3 aliphatic carbocycles. The van der Waals surface area contributed by atoms with Gasteiger partial charge >= 0.3 is 6.09 Å². The highest BCUT2D eigenvalue weighted by atomic mass is 19.3. The van der Waals surface area contributed by atoms with Gasteiger partial charge in [0.25, 0.3) is 5.91 Å². The summed E-state index contributed by atoms with van der Waals surface area (Å²) in [5, 5.41) is 10.4. The van der Waals surface area contributed by atoms with E-state index in [1.165, 1.54) is 0 Å². The number of nitrogens with one attached hydrogen (secondary N) is 1. The molecule has 0 spiro atoms. The minimum absolute atomic E-state index is 0.0297. The minimum atomic E-state index is -2.73. The Labute approximate surface area is 280 Å². The van der Waals surface area contributed by atoms with Crippen LogP contribution in [0.5, 0.6) is 0 Å². The fourth-order valence-corrected chi connectivity index (χ4v) is 7.40. The van der Waals surface area contributed by atoms with Crippen LogP contribution in [0.15, 0.2) is 71.6 Å². The molecular formula is C36H35F2N7O4. The zero-order valence-corrected chi connectivity index (χ0v) is 27.1. The first-order valence-corrected chi connectivity index (χ1v) is 16.6. The van der Waals surface area contributed by atoms with Crippen LogP contribution < -0.4 is 5.32 Å². The van der Waals surface area contributed by atoms with E-state index in [-0.39, 0.29) is 49.3 Å². The molecule has 0 saturated heterocycles. The number of hydrogen-bond acceptors (Lipinski definition) is 8. The number of alkyl halides is 2. The van der Waals surface area contributed by atoms with E-state index in [1.54, 1.807) is 29.5 Å². The van der Waals surface area contributed by atoms with Crippen LogP contribution in [0.2, 0.25) is 0 Å². The van der Waals surface area contributed by atoms with Crippen molar-refractivity contribution in [2.45, 2.75) is 69.6 Å². The van der Waals surface area contributed by atoms with E-state index in [1.807, 2.05) is 60.8 Å². The SMILES string of the molecule is Cc1nonc1C(=O)N[C@H](c1cn2ccc([C@@H](C3CC3)N(C)C(=O)OC3c4ccccc4-c4ccccc43)nc2n1)C1CCC(F)(F)CC1. The number of rotatable bonds is 8. The Bertz CT molecular complexity index is 2000. The monoisotopic (exact) mass is 667 g/mol. The third-order valence-corrected chi connectivity index (χ3v) is 10.1. The molecule has 2 aromatic carbocycles. The molecule has 49 heavy (non-hydrogen) atoms. The Kier molecular flexibility index (Phi) is 7.64. The maximum absolute atomic E-state index is 14.1. The van der Waals surface area contributed by atoms with Gasteiger partial charge in [0.2, 0.25) is 11.7 Å². The molecule has 8 rings (SSSR count). The number of hydrogen-bond donors (Lipinski definition) is 1. The summed E-state index contributed by atoms with van der Waals surface area (Å²) in [6.07, 6.45) is 4.40. The maximum atomic E-state index is 14.1. The first-order chi connectivity index (χ1) is 23.7. The zero-order chi connectivity index (χ0) is 33.9. The number of amides is 2. The first kappa shape index (κ1) is 31.1. The van der Waals surface area contributed by atoms with Crippen molar-refractivity contribution in [2.75, 3.05) is 7.05 Å². The molecule has 3 heterocycles. The lowest BCUT2D eigenvalue weighted by Gasteiger charge is -2.33. The van der Waals surface area contributed by atoms with Gasteiger partial charge in [-0.1, -0.05) is 53.7 Å². The van der Waals surface area contributed by atoms with E-state index in [4.69, 9.17) is 19.3 Å². The Morgan fingerprint density at radius 3 is 2.22 bits per heavy atom. The summed E-state index contributed by atoms with van der Waals surface area (Å²) < 4.78 is 40.9. The third kappa shape index (κ3) is 5.80. The average Bonchev–Trinajstić information content (AvgIpc) is 3.55. The van der Waals surface area contributed by atoms with Crippen LogP contribution in [0.1, 0.15) is 95.4 Å². The largest absolute Gasteiger partial charge is 0.436 e. The van der Waals surface area contributed by atoms with Gasteiger partial charge in [-0.2, -0.15) is 0 Å². The van der Waals surface area contributed by atoms with Crippen LogP contribution >= 0.6 is 0 Å². The molecule has 1 N–H and O–H groups in total. The highest BCUT2D eigenvalue weighted by molar-refractivity contribution is 5.93. The van der Waals surface area contributed by atoms with Crippen LogP contribution in [-0.4, -0.2) is 54.6 Å². The standard InChI is InChI=1S/C36H35F2N7O4/c1-20-29(43-49-42-20)33(46)41-30(21-13-16-36(37,38)17-14-21)28-19-45-18-15-27(39-34(45)40-28)31(22-11-12-22)44(2)35(47)48-32-25-9-5-3-7-23(25)24-8-4-6-10-26(24)32/h3-10,15,18-19,21-22,30-32H,11-14,16-17H2,1-2H3,(H,41,46)/t30-,31+/m0/s1. The average molecular weight is 668 g/mol. The molecule has 3 aromatic heterocycles. The highest BCUT2D eigenvalue weighted by Crippen LogP contribution is 2.47. The van der Waals surface area contributed by atoms with Crippen molar-refractivity contribution in [3.63, 3.8) is 0 Å². The topological polar surface area (TPSA) is 128 Å². The van der Waals surface area contributed by atoms with E-state index < -0.39 is 30.1 Å². The molecule has 252 valence electrons. The number of halogens is 2. The van der Waals surface area contributed by atoms with Gasteiger partial charge in [-0.3, -0.25) is 9.20 Å². The van der Waals surface area contributed by atoms with Gasteiger partial charge in [0, 0.05) is 43.4 Å². The summed E-state index contributed by atoms with van der Waals surface area (Å²) >= 11 is 0. The smallest absolute Gasteiger partial charge is 0.411 e. The molecule has 2 atom stereocenters. The van der Waals surface area contributed by atoms with Gasteiger partial charge in [-0.15, -0.1) is 0 Å². The van der Waals surface area contributed by atoms with Crippen molar-refractivity contribution in [1.82, 2.24) is 34.9 Å². The van der Waals surface area contributed by atoms with Gasteiger partial charge in [0.15, 0.2) is 11.8 Å². The number of aryl methyl sites for hydroxylation is 1. The fraction of sp³-hybridized carbons (Fsp3) is 0.389. The quantitative estimate of drug-likeness (QED) is 0.187. The van der Waals surface area contributed by atoms with Crippen LogP contribution in [0.3, 0.4) is 0 Å². The number of imidazole rings is 1. The van der Waals surface area contributed by atoms with Gasteiger partial charge in [-0.05, 0) is 66.8 Å². The number of nitrogens with zero attached hydrogens (tertiary/aromatic N) is 6. The van der Waals surface area contributed by atoms with E-state index in [0.717, 1.165) is 35.1 Å². The van der Waals surface area contributed by atoms with Crippen LogP contribution in [0.25, 0.3) is 16.9 Å². The fourth-order valence-electron chi connectivity index (χ4n) is 7.40. The van der Waals surface area contributed by atoms with Gasteiger partial charge < -0.3 is 15.0 Å². The van der Waals surface area contributed by atoms with Crippen LogP contribution in [0.4, 0.5) is 13.6 Å². The van der Waals surface area contributed by atoms with Crippen molar-refractivity contribution in [2.24, 2.45) is 11.8 Å². The van der Waals surface area contributed by atoms with Crippen molar-refractivity contribution < 1.29 is 27.7 Å². The summed E-state index contributed by atoms with van der Waals surface area (Å²) in [6, 6.07) is 16.8. The molecule has 0 aliphatic heterocycles. The molecule has 0 radical (unpaired) electrons. The molecule has 2 fully saturated rings. The summed E-state index contributed by atoms with van der Waals surface area (Å²) in [5.41, 5.74) is 5.54. The summed E-state index contributed by atoms with van der Waals surface area (Å²) in [4.78, 5) is 38.3. The van der Waals surface area contributed by atoms with Crippen molar-refractivity contribution in [3.05, 3.63) is 101 Å². The number of ether oxygens (including phenoxy) is 1. The second-order valence-electron chi connectivity index (χ2n) is 13.4. The second-order valence-corrected chi connectivity index (χ2v) is 13.4. The summed E-state index contributed by atoms with van der Waals surface area (Å²) in [5.74, 6) is -2.95. The normalized spacial score (nSPS) is 18.4. The first-order valence-electron chi connectivity index (χ1n) is 16.6. The van der Waals surface area contributed by atoms with Gasteiger partial charge in [0.1, 0.15) is 5.69 Å². The third-order valence-electron chi connectivity index (χ3n) is 10.1. The second kappa shape index (κ2) is 12.0. The summed E-state index contributed by atoms with van der Waals surface area (Å²) in [7, 11) is 1.74. The Morgan fingerprint density at radius 1 is 0.939 bits per heavy atom. The van der Waals surface area contributed by atoms with Crippen molar-refractivity contribution in [1.29, 1.82) is 0 Å². The van der Waals surface area contributed by atoms with E-state index in [0.29, 0.717) is 22.9 Å². The van der Waals surface area contributed by atoms with Crippen molar-refractivity contribution >= 4 is 17.8 Å². The Hall–Kier alpha value is -5.20. The van der Waals surface area contributed by atoms with Crippen molar-refractivity contribution in [3.8, 4) is 11.1 Å². The van der Waals surface area contributed by atoms with Gasteiger partial charge in [-0.25, -0.2) is 28.2 Å². The number of fused-ring (bicyclic) bond motifs is 4. The van der Waals surface area contributed by atoms with E-state index in [2.05, 4.69) is 15.6 Å². The molecular weight excluding hydrogens is 632 g/mol. The number of benzene rings is 2. The highest BCUT2D eigenvalue weighted by Gasteiger charge is 2.42. The molecule has 2 amide bonds. The van der Waals surface area contributed by atoms with Crippen LogP contribution in [0, 0.1) is 18.8 Å². The molecule has 5 aromatic rings. The Balaban J connectivity index is 1.06. The molecule has 13 heteroatoms. The lowest BCUT2D eigenvalue weighted by atomic mass is 9.81. The predicted octanol–water partition coefficient (Wildman–Crippen LogP) is 7.01. The lowest BCUT2D eigenvalue weighted by Crippen LogP contribution is -2.37. The van der Waals surface area contributed by atoms with Gasteiger partial charge in [0.05, 0.1) is 23.5 Å². The van der Waals surface area contributed by atoms with Crippen LogP contribution in [-0.2, 0) is 4.74 Å². The molecule has 2 saturated carbocycles. The molecule has 0 unspecified atom stereocenters. The van der Waals surface area contributed by atoms with E-state index >= 15 is 0 Å².